The maximum absolute atomic E-state index is 6.13. The van der Waals surface area contributed by atoms with E-state index in [0.717, 1.165) is 39.3 Å². The number of pyridine rings is 1. The number of amidine groups is 1. The minimum atomic E-state index is -0.679. The third-order valence-corrected chi connectivity index (χ3v) is 4.92. The molecule has 0 amide bonds. The van der Waals surface area contributed by atoms with Crippen LogP contribution in [0.3, 0.4) is 0 Å². The van der Waals surface area contributed by atoms with Gasteiger partial charge in [-0.15, -0.1) is 0 Å². The van der Waals surface area contributed by atoms with Crippen LogP contribution in [0.4, 0.5) is 0 Å². The van der Waals surface area contributed by atoms with Gasteiger partial charge >= 0.3 is 0 Å². The average molecular weight is 343 g/mol. The fraction of sp³-hybridized carbons (Fsp3) is 0.143. The molecule has 26 heavy (non-hydrogen) atoms. The van der Waals surface area contributed by atoms with Crippen molar-refractivity contribution in [2.75, 3.05) is 6.61 Å². The molecular weight excluding hydrogens is 326 g/mol. The van der Waals surface area contributed by atoms with Gasteiger partial charge in [-0.3, -0.25) is 4.98 Å². The highest BCUT2D eigenvalue weighted by Crippen LogP contribution is 2.51. The Labute approximate surface area is 151 Å². The number of nitrogens with zero attached hydrogens (tertiary/aromatic N) is 2. The molecule has 1 spiro atoms. The Morgan fingerprint density at radius 3 is 2.62 bits per heavy atom. The lowest BCUT2D eigenvalue weighted by atomic mass is 9.80. The Balaban J connectivity index is 1.74. The Morgan fingerprint density at radius 1 is 0.962 bits per heavy atom. The third-order valence-electron chi connectivity index (χ3n) is 4.92. The minimum Gasteiger partial charge on any atom is -0.462 e. The predicted octanol–water partition coefficient (Wildman–Crippen LogP) is 3.75. The van der Waals surface area contributed by atoms with Crippen molar-refractivity contribution in [3.63, 3.8) is 0 Å². The van der Waals surface area contributed by atoms with E-state index in [1.165, 1.54) is 0 Å². The van der Waals surface area contributed by atoms with Crippen LogP contribution >= 0.6 is 0 Å². The van der Waals surface area contributed by atoms with Gasteiger partial charge in [0.05, 0.1) is 0 Å². The molecule has 3 aromatic rings. The van der Waals surface area contributed by atoms with E-state index in [-0.39, 0.29) is 6.02 Å². The molecule has 0 saturated carbocycles. The predicted molar refractivity (Wildman–Crippen MR) is 99.3 cm³/mol. The zero-order chi connectivity index (χ0) is 17.7. The average Bonchev–Trinajstić information content (AvgIpc) is 3.04. The van der Waals surface area contributed by atoms with Crippen molar-refractivity contribution in [3.8, 4) is 22.6 Å². The second kappa shape index (κ2) is 5.33. The number of hydrogen-bond donors (Lipinski definition) is 1. The van der Waals surface area contributed by atoms with Crippen LogP contribution in [-0.2, 0) is 10.3 Å². The van der Waals surface area contributed by atoms with Gasteiger partial charge in [0.25, 0.3) is 6.02 Å². The molecule has 0 saturated heterocycles. The molecule has 2 aliphatic rings. The van der Waals surface area contributed by atoms with Gasteiger partial charge in [0.15, 0.2) is 5.54 Å². The maximum Gasteiger partial charge on any atom is 0.283 e. The van der Waals surface area contributed by atoms with Crippen molar-refractivity contribution >= 4 is 6.02 Å². The Hall–Kier alpha value is -3.34. The number of nitrogens with two attached hydrogens (primary N) is 1. The lowest BCUT2D eigenvalue weighted by Gasteiger charge is -2.33. The summed E-state index contributed by atoms with van der Waals surface area (Å²) in [6, 6.07) is 16.3. The van der Waals surface area contributed by atoms with Gasteiger partial charge in [-0.2, -0.15) is 0 Å². The first-order valence-electron chi connectivity index (χ1n) is 8.48. The van der Waals surface area contributed by atoms with Crippen LogP contribution in [0, 0.1) is 6.92 Å². The van der Waals surface area contributed by atoms with Crippen molar-refractivity contribution in [2.24, 2.45) is 10.7 Å². The molecule has 1 aromatic heterocycles. The first-order valence-corrected chi connectivity index (χ1v) is 8.48. The van der Waals surface area contributed by atoms with Gasteiger partial charge in [-0.1, -0.05) is 24.3 Å². The molecule has 2 aliphatic heterocycles. The number of para-hydroxylation sites is 1. The summed E-state index contributed by atoms with van der Waals surface area (Å²) in [5.41, 5.74) is 10.4. The van der Waals surface area contributed by atoms with Crippen LogP contribution in [0.25, 0.3) is 11.1 Å². The summed E-state index contributed by atoms with van der Waals surface area (Å²) >= 11 is 0. The Kier molecular flexibility index (Phi) is 3.06. The second-order valence-corrected chi connectivity index (χ2v) is 6.66. The van der Waals surface area contributed by atoms with E-state index >= 15 is 0 Å². The molecule has 2 aromatic carbocycles. The van der Waals surface area contributed by atoms with Crippen LogP contribution in [0.1, 0.15) is 16.7 Å². The highest BCUT2D eigenvalue weighted by molar-refractivity contribution is 5.77. The van der Waals surface area contributed by atoms with Gasteiger partial charge in [0.2, 0.25) is 0 Å². The lowest BCUT2D eigenvalue weighted by Crippen LogP contribution is -2.31. The maximum atomic E-state index is 6.13. The molecule has 0 radical (unpaired) electrons. The SMILES string of the molecule is Cc1cncc(-c2ccc3c(c2)C2(COC(N)=N2)c2ccccc2O3)c1. The highest BCUT2D eigenvalue weighted by Gasteiger charge is 2.46. The number of rotatable bonds is 1. The van der Waals surface area contributed by atoms with E-state index in [2.05, 4.69) is 17.1 Å². The normalized spacial score (nSPS) is 20.0. The van der Waals surface area contributed by atoms with Gasteiger partial charge in [0, 0.05) is 29.1 Å². The topological polar surface area (TPSA) is 69.7 Å². The first kappa shape index (κ1) is 15.0. The molecule has 5 nitrogen and oxygen atoms in total. The van der Waals surface area contributed by atoms with Gasteiger partial charge in [-0.05, 0) is 42.3 Å². The molecule has 3 heterocycles. The molecular formula is C21H17N3O2. The van der Waals surface area contributed by atoms with Crippen molar-refractivity contribution in [3.05, 3.63) is 77.6 Å². The van der Waals surface area contributed by atoms with E-state index in [0.29, 0.717) is 6.61 Å². The minimum absolute atomic E-state index is 0.204. The molecule has 0 bridgehead atoms. The summed E-state index contributed by atoms with van der Waals surface area (Å²) in [6.45, 7) is 2.40. The summed E-state index contributed by atoms with van der Waals surface area (Å²) in [5.74, 6) is 1.56. The number of hydrogen-bond acceptors (Lipinski definition) is 5. The lowest BCUT2D eigenvalue weighted by molar-refractivity contribution is 0.264. The van der Waals surface area contributed by atoms with Crippen LogP contribution in [0.2, 0.25) is 0 Å². The van der Waals surface area contributed by atoms with Crippen molar-refractivity contribution in [2.45, 2.75) is 12.5 Å². The molecule has 2 N–H and O–H groups in total. The third kappa shape index (κ3) is 2.10. The van der Waals surface area contributed by atoms with Crippen molar-refractivity contribution in [1.29, 1.82) is 0 Å². The van der Waals surface area contributed by atoms with Gasteiger partial charge < -0.3 is 15.2 Å². The number of fused-ring (bicyclic) bond motifs is 4. The smallest absolute Gasteiger partial charge is 0.283 e. The van der Waals surface area contributed by atoms with Crippen LogP contribution in [-0.4, -0.2) is 17.6 Å². The quantitative estimate of drug-likeness (QED) is 0.730. The molecule has 1 unspecified atom stereocenters. The zero-order valence-corrected chi connectivity index (χ0v) is 14.3. The Morgan fingerprint density at radius 2 is 1.81 bits per heavy atom. The second-order valence-electron chi connectivity index (χ2n) is 6.66. The van der Waals surface area contributed by atoms with Crippen molar-refractivity contribution < 1.29 is 9.47 Å². The van der Waals surface area contributed by atoms with E-state index in [9.17, 15) is 0 Å². The molecule has 0 aliphatic carbocycles. The summed E-state index contributed by atoms with van der Waals surface area (Å²) < 4.78 is 11.7. The summed E-state index contributed by atoms with van der Waals surface area (Å²) in [6.07, 6.45) is 3.71. The van der Waals surface area contributed by atoms with Gasteiger partial charge in [0.1, 0.15) is 18.1 Å². The number of ether oxygens (including phenoxy) is 2. The van der Waals surface area contributed by atoms with Crippen LogP contribution in [0.15, 0.2) is 65.9 Å². The largest absolute Gasteiger partial charge is 0.462 e. The fourth-order valence-corrected chi connectivity index (χ4v) is 3.70. The first-order chi connectivity index (χ1) is 12.7. The molecule has 0 fully saturated rings. The standard InChI is InChI=1S/C21H17N3O2/c1-13-8-15(11-23-10-13)14-6-7-19-17(9-14)21(12-25-20(22)24-21)16-4-2-3-5-18(16)26-19/h2-11H,12H2,1H3,(H2,22,24). The van der Waals surface area contributed by atoms with E-state index < -0.39 is 5.54 Å². The molecule has 5 heteroatoms. The van der Waals surface area contributed by atoms with Gasteiger partial charge in [-0.25, -0.2) is 4.99 Å². The summed E-state index contributed by atoms with van der Waals surface area (Å²) in [7, 11) is 0. The number of benzene rings is 2. The number of aromatic nitrogens is 1. The molecule has 128 valence electrons. The van der Waals surface area contributed by atoms with Crippen LogP contribution < -0.4 is 10.5 Å². The molecule has 1 atom stereocenters. The fourth-order valence-electron chi connectivity index (χ4n) is 3.70. The summed E-state index contributed by atoms with van der Waals surface area (Å²) in [5, 5.41) is 0. The number of aliphatic imine (C=N–C) groups is 1. The van der Waals surface area contributed by atoms with E-state index in [1.54, 1.807) is 0 Å². The Bertz CT molecular complexity index is 1060. The van der Waals surface area contributed by atoms with Crippen LogP contribution in [0.5, 0.6) is 11.5 Å². The van der Waals surface area contributed by atoms with E-state index in [1.807, 2.05) is 55.7 Å². The monoisotopic (exact) mass is 343 g/mol. The number of aryl methyl sites for hydroxylation is 1. The summed E-state index contributed by atoms with van der Waals surface area (Å²) in [4.78, 5) is 9.00. The van der Waals surface area contributed by atoms with E-state index in [4.69, 9.17) is 20.2 Å². The molecule has 5 rings (SSSR count). The van der Waals surface area contributed by atoms with Crippen molar-refractivity contribution in [1.82, 2.24) is 4.98 Å². The highest BCUT2D eigenvalue weighted by atomic mass is 16.5. The zero-order valence-electron chi connectivity index (χ0n) is 14.3.